The van der Waals surface area contributed by atoms with Gasteiger partial charge in [0, 0.05) is 31.7 Å². The largest absolute Gasteiger partial charge is 0.497 e. The van der Waals surface area contributed by atoms with E-state index in [4.69, 9.17) is 9.15 Å². The monoisotopic (exact) mass is 406 g/mol. The molecule has 4 rings (SSSR count). The van der Waals surface area contributed by atoms with Gasteiger partial charge < -0.3 is 19.0 Å². The molecular weight excluding hydrogens is 387 g/mol. The van der Waals surface area contributed by atoms with E-state index in [1.54, 1.807) is 54.5 Å². The van der Waals surface area contributed by atoms with Gasteiger partial charge in [-0.15, -0.1) is 0 Å². The van der Waals surface area contributed by atoms with Crippen LogP contribution >= 0.6 is 0 Å². The highest BCUT2D eigenvalue weighted by Gasteiger charge is 2.27. The molecular formula is C22H19FN4O3. The van der Waals surface area contributed by atoms with Crippen molar-refractivity contribution in [3.63, 3.8) is 0 Å². The maximum absolute atomic E-state index is 14.1. The van der Waals surface area contributed by atoms with Crippen LogP contribution in [0.25, 0.3) is 11.5 Å². The van der Waals surface area contributed by atoms with E-state index in [2.05, 4.69) is 4.98 Å². The molecule has 1 fully saturated rings. The van der Waals surface area contributed by atoms with Crippen LogP contribution in [0.15, 0.2) is 52.9 Å². The maximum atomic E-state index is 14.1. The molecule has 0 aliphatic carbocycles. The fourth-order valence-corrected chi connectivity index (χ4v) is 3.38. The highest BCUT2D eigenvalue weighted by molar-refractivity contribution is 5.94. The van der Waals surface area contributed by atoms with Crippen molar-refractivity contribution in [2.75, 3.05) is 38.2 Å². The van der Waals surface area contributed by atoms with Crippen LogP contribution in [0.1, 0.15) is 16.1 Å². The molecule has 1 aliphatic rings. The number of benzene rings is 2. The molecule has 8 heteroatoms. The number of halogens is 1. The van der Waals surface area contributed by atoms with Crippen LogP contribution in [-0.2, 0) is 0 Å². The standard InChI is InChI=1S/C22H19FN4O3/c1-29-16-8-6-15(7-9-16)21(28)26-10-12-27(13-11-26)22-19(14-24)25-20(30-22)17-4-2-3-5-18(17)23/h2-9H,10-13H2,1H3. The first kappa shape index (κ1) is 19.5. The number of carbonyl (C=O) groups is 1. The summed E-state index contributed by atoms with van der Waals surface area (Å²) in [5, 5.41) is 9.44. The van der Waals surface area contributed by atoms with Gasteiger partial charge >= 0.3 is 0 Å². The van der Waals surface area contributed by atoms with Crippen molar-refractivity contribution < 1.29 is 18.3 Å². The first-order chi connectivity index (χ1) is 14.6. The zero-order valence-corrected chi connectivity index (χ0v) is 16.3. The van der Waals surface area contributed by atoms with Gasteiger partial charge in [0.2, 0.25) is 17.5 Å². The summed E-state index contributed by atoms with van der Waals surface area (Å²) in [6.45, 7) is 1.88. The number of oxazole rings is 1. The van der Waals surface area contributed by atoms with Crippen LogP contribution < -0.4 is 9.64 Å². The SMILES string of the molecule is COc1ccc(C(=O)N2CCN(c3oc(-c4ccccc4F)nc3C#N)CC2)cc1. The van der Waals surface area contributed by atoms with Crippen molar-refractivity contribution in [3.8, 4) is 23.3 Å². The molecule has 1 amide bonds. The molecule has 1 aromatic heterocycles. The number of methoxy groups -OCH3 is 1. The Morgan fingerprint density at radius 1 is 1.13 bits per heavy atom. The average Bonchev–Trinajstić information content (AvgIpc) is 3.23. The molecule has 0 radical (unpaired) electrons. The lowest BCUT2D eigenvalue weighted by molar-refractivity contribution is 0.0745. The highest BCUT2D eigenvalue weighted by Crippen LogP contribution is 2.30. The third-order valence-corrected chi connectivity index (χ3v) is 5.01. The summed E-state index contributed by atoms with van der Waals surface area (Å²) in [5.74, 6) is 0.521. The van der Waals surface area contributed by atoms with Gasteiger partial charge in [0.25, 0.3) is 5.91 Å². The third-order valence-electron chi connectivity index (χ3n) is 5.01. The van der Waals surface area contributed by atoms with Crippen molar-refractivity contribution in [3.05, 3.63) is 65.6 Å². The second kappa shape index (κ2) is 8.25. The lowest BCUT2D eigenvalue weighted by Crippen LogP contribution is -2.48. The number of hydrogen-bond acceptors (Lipinski definition) is 6. The predicted octanol–water partition coefficient (Wildman–Crippen LogP) is 3.32. The van der Waals surface area contributed by atoms with Crippen LogP contribution in [0.4, 0.5) is 10.3 Å². The molecule has 0 unspecified atom stereocenters. The van der Waals surface area contributed by atoms with Crippen LogP contribution in [0.3, 0.4) is 0 Å². The Morgan fingerprint density at radius 2 is 1.83 bits per heavy atom. The number of hydrogen-bond donors (Lipinski definition) is 0. The number of nitrogens with zero attached hydrogens (tertiary/aromatic N) is 4. The molecule has 0 saturated carbocycles. The van der Waals surface area contributed by atoms with Crippen LogP contribution in [-0.4, -0.2) is 49.1 Å². The van der Waals surface area contributed by atoms with E-state index in [-0.39, 0.29) is 23.1 Å². The predicted molar refractivity (Wildman–Crippen MR) is 108 cm³/mol. The summed E-state index contributed by atoms with van der Waals surface area (Å²) < 4.78 is 24.9. The number of amides is 1. The first-order valence-electron chi connectivity index (χ1n) is 9.45. The average molecular weight is 406 g/mol. The summed E-state index contributed by atoms with van der Waals surface area (Å²) in [6, 6.07) is 15.1. The number of piperazine rings is 1. The molecule has 1 aliphatic heterocycles. The zero-order chi connectivity index (χ0) is 21.1. The Hall–Kier alpha value is -3.86. The van der Waals surface area contributed by atoms with Gasteiger partial charge in [-0.2, -0.15) is 10.2 Å². The van der Waals surface area contributed by atoms with Gasteiger partial charge in [-0.1, -0.05) is 12.1 Å². The second-order valence-electron chi connectivity index (χ2n) is 6.77. The van der Waals surface area contributed by atoms with Gasteiger partial charge in [-0.25, -0.2) is 4.39 Å². The molecule has 2 aromatic carbocycles. The van der Waals surface area contributed by atoms with E-state index in [0.29, 0.717) is 43.4 Å². The lowest BCUT2D eigenvalue weighted by Gasteiger charge is -2.34. The Bertz CT molecular complexity index is 1100. The Balaban J connectivity index is 1.48. The minimum atomic E-state index is -0.468. The van der Waals surface area contributed by atoms with E-state index in [0.717, 1.165) is 0 Å². The van der Waals surface area contributed by atoms with Crippen LogP contribution in [0.2, 0.25) is 0 Å². The minimum absolute atomic E-state index is 0.0661. The second-order valence-corrected chi connectivity index (χ2v) is 6.77. The van der Waals surface area contributed by atoms with Crippen LogP contribution in [0.5, 0.6) is 5.75 Å². The molecule has 2 heterocycles. The van der Waals surface area contributed by atoms with Crippen molar-refractivity contribution in [1.29, 1.82) is 5.26 Å². The molecule has 0 atom stereocenters. The zero-order valence-electron chi connectivity index (χ0n) is 16.3. The third kappa shape index (κ3) is 3.70. The number of anilines is 1. The van der Waals surface area contributed by atoms with E-state index in [1.165, 1.54) is 6.07 Å². The van der Waals surface area contributed by atoms with Crippen molar-refractivity contribution in [2.24, 2.45) is 0 Å². The van der Waals surface area contributed by atoms with Crippen LogP contribution in [0, 0.1) is 17.1 Å². The van der Waals surface area contributed by atoms with Gasteiger partial charge in [0.1, 0.15) is 17.6 Å². The van der Waals surface area contributed by atoms with Crippen molar-refractivity contribution in [1.82, 2.24) is 9.88 Å². The summed E-state index contributed by atoms with van der Waals surface area (Å²) in [5.41, 5.74) is 0.889. The molecule has 152 valence electrons. The maximum Gasteiger partial charge on any atom is 0.253 e. The van der Waals surface area contributed by atoms with Gasteiger partial charge in [0.05, 0.1) is 12.7 Å². The molecule has 0 spiro atoms. The fraction of sp³-hybridized carbons (Fsp3) is 0.227. The number of rotatable bonds is 4. The fourth-order valence-electron chi connectivity index (χ4n) is 3.38. The summed E-state index contributed by atoms with van der Waals surface area (Å²) >= 11 is 0. The van der Waals surface area contributed by atoms with Gasteiger partial charge in [-0.05, 0) is 36.4 Å². The molecule has 0 N–H and O–H groups in total. The highest BCUT2D eigenvalue weighted by atomic mass is 19.1. The first-order valence-corrected chi connectivity index (χ1v) is 9.45. The Labute approximate surface area is 172 Å². The van der Waals surface area contributed by atoms with Crippen molar-refractivity contribution >= 4 is 11.8 Å². The number of carbonyl (C=O) groups excluding carboxylic acids is 1. The summed E-state index contributed by atoms with van der Waals surface area (Å²) in [4.78, 5) is 20.5. The van der Waals surface area contributed by atoms with E-state index in [1.807, 2.05) is 11.0 Å². The molecule has 3 aromatic rings. The molecule has 0 bridgehead atoms. The number of nitriles is 1. The quantitative estimate of drug-likeness (QED) is 0.661. The molecule has 1 saturated heterocycles. The van der Waals surface area contributed by atoms with Gasteiger partial charge in [0.15, 0.2) is 0 Å². The Morgan fingerprint density at radius 3 is 2.47 bits per heavy atom. The van der Waals surface area contributed by atoms with E-state index < -0.39 is 5.82 Å². The normalized spacial score (nSPS) is 13.8. The summed E-state index contributed by atoms with van der Waals surface area (Å²) in [6.07, 6.45) is 0. The lowest BCUT2D eigenvalue weighted by atomic mass is 10.1. The van der Waals surface area contributed by atoms with Crippen molar-refractivity contribution in [2.45, 2.75) is 0 Å². The van der Waals surface area contributed by atoms with Gasteiger partial charge in [-0.3, -0.25) is 4.79 Å². The number of ether oxygens (including phenoxy) is 1. The van der Waals surface area contributed by atoms with E-state index >= 15 is 0 Å². The topological polar surface area (TPSA) is 82.6 Å². The Kier molecular flexibility index (Phi) is 5.35. The molecule has 7 nitrogen and oxygen atoms in total. The minimum Gasteiger partial charge on any atom is -0.497 e. The van der Waals surface area contributed by atoms with E-state index in [9.17, 15) is 14.4 Å². The number of aromatic nitrogens is 1. The smallest absolute Gasteiger partial charge is 0.253 e. The molecule has 30 heavy (non-hydrogen) atoms. The summed E-state index contributed by atoms with van der Waals surface area (Å²) in [7, 11) is 1.58.